The number of fused-ring (bicyclic) bond motifs is 1. The quantitative estimate of drug-likeness (QED) is 0.438. The number of carboxylic acids is 1. The van der Waals surface area contributed by atoms with Gasteiger partial charge in [0.1, 0.15) is 18.1 Å². The Balaban J connectivity index is 1.50. The first-order valence-electron chi connectivity index (χ1n) is 10.0. The highest BCUT2D eigenvalue weighted by Gasteiger charge is 2.16. The van der Waals surface area contributed by atoms with Crippen LogP contribution >= 0.6 is 0 Å². The van der Waals surface area contributed by atoms with Crippen molar-refractivity contribution in [2.75, 3.05) is 13.2 Å². The molecule has 1 aliphatic rings. The van der Waals surface area contributed by atoms with Gasteiger partial charge in [-0.25, -0.2) is 4.79 Å². The van der Waals surface area contributed by atoms with Gasteiger partial charge in [-0.15, -0.1) is 0 Å². The Labute approximate surface area is 180 Å². The summed E-state index contributed by atoms with van der Waals surface area (Å²) in [6.45, 7) is 0.0309. The minimum Gasteiger partial charge on any atom is -0.482 e. The van der Waals surface area contributed by atoms with Crippen LogP contribution in [0.4, 0.5) is 0 Å². The van der Waals surface area contributed by atoms with Crippen molar-refractivity contribution in [1.29, 1.82) is 0 Å². The molecule has 0 radical (unpaired) electrons. The van der Waals surface area contributed by atoms with E-state index in [0.29, 0.717) is 12.4 Å². The Bertz CT molecular complexity index is 1070. The van der Waals surface area contributed by atoms with Gasteiger partial charge in [-0.3, -0.25) is 4.98 Å². The number of ether oxygens (including phenoxy) is 1. The van der Waals surface area contributed by atoms with E-state index in [1.54, 1.807) is 12.4 Å². The van der Waals surface area contributed by atoms with Crippen molar-refractivity contribution in [3.05, 3.63) is 101 Å². The predicted molar refractivity (Wildman–Crippen MR) is 118 cm³/mol. The van der Waals surface area contributed by atoms with Gasteiger partial charge in [-0.05, 0) is 42.2 Å². The van der Waals surface area contributed by atoms with Crippen molar-refractivity contribution in [3.63, 3.8) is 0 Å². The Morgan fingerprint density at radius 2 is 1.74 bits per heavy atom. The Morgan fingerprint density at radius 3 is 2.52 bits per heavy atom. The number of benzene rings is 2. The van der Waals surface area contributed by atoms with Crippen LogP contribution in [-0.4, -0.2) is 35.0 Å². The summed E-state index contributed by atoms with van der Waals surface area (Å²) in [7, 11) is 0. The van der Waals surface area contributed by atoms with Crippen molar-refractivity contribution >= 4 is 17.8 Å². The van der Waals surface area contributed by atoms with E-state index < -0.39 is 5.97 Å². The minimum atomic E-state index is -0.987. The summed E-state index contributed by atoms with van der Waals surface area (Å²) in [5, 5.41) is 13.3. The maximum atomic E-state index is 10.8. The second-order valence-corrected chi connectivity index (χ2v) is 7.12. The number of aliphatic carboxylic acids is 1. The molecule has 1 aromatic heterocycles. The van der Waals surface area contributed by atoms with Crippen molar-refractivity contribution in [1.82, 2.24) is 4.98 Å². The highest BCUT2D eigenvalue weighted by Crippen LogP contribution is 2.31. The molecule has 4 rings (SSSR count). The van der Waals surface area contributed by atoms with E-state index in [1.807, 2.05) is 60.7 Å². The maximum Gasteiger partial charge on any atom is 0.341 e. The highest BCUT2D eigenvalue weighted by atomic mass is 16.6. The lowest BCUT2D eigenvalue weighted by molar-refractivity contribution is -0.139. The fourth-order valence-corrected chi connectivity index (χ4v) is 3.51. The molecule has 3 aromatic rings. The van der Waals surface area contributed by atoms with Gasteiger partial charge in [0, 0.05) is 29.1 Å². The van der Waals surface area contributed by atoms with E-state index >= 15 is 0 Å². The van der Waals surface area contributed by atoms with E-state index in [1.165, 1.54) is 0 Å². The average molecular weight is 414 g/mol. The van der Waals surface area contributed by atoms with Crippen molar-refractivity contribution in [3.8, 4) is 5.75 Å². The zero-order valence-electron chi connectivity index (χ0n) is 16.9. The molecule has 0 saturated carbocycles. The maximum absolute atomic E-state index is 10.8. The minimum absolute atomic E-state index is 0.345. The number of nitrogens with zero attached hydrogens (tertiary/aromatic N) is 2. The molecule has 31 heavy (non-hydrogen) atoms. The number of aromatic nitrogens is 1. The number of carbonyl (C=O) groups is 1. The van der Waals surface area contributed by atoms with Gasteiger partial charge in [0.2, 0.25) is 0 Å². The Hall–Kier alpha value is -3.93. The van der Waals surface area contributed by atoms with Crippen LogP contribution in [0.3, 0.4) is 0 Å². The highest BCUT2D eigenvalue weighted by molar-refractivity contribution is 6.12. The van der Waals surface area contributed by atoms with Crippen molar-refractivity contribution in [2.45, 2.75) is 12.8 Å². The fourth-order valence-electron chi connectivity index (χ4n) is 3.51. The molecular formula is C25H22N2O4. The predicted octanol–water partition coefficient (Wildman–Crippen LogP) is 4.34. The zero-order chi connectivity index (χ0) is 21.5. The van der Waals surface area contributed by atoms with Gasteiger partial charge in [0.15, 0.2) is 6.61 Å². The number of pyridine rings is 1. The lowest BCUT2D eigenvalue weighted by Crippen LogP contribution is -2.12. The molecule has 2 aromatic carbocycles. The Kier molecular flexibility index (Phi) is 6.38. The molecule has 1 aliphatic carbocycles. The molecule has 156 valence electrons. The summed E-state index contributed by atoms with van der Waals surface area (Å²) < 4.78 is 5.42. The molecule has 0 atom stereocenters. The molecular weight excluding hydrogens is 392 g/mol. The molecule has 1 N–H and O–H groups in total. The molecule has 0 aliphatic heterocycles. The third kappa shape index (κ3) is 5.17. The number of carboxylic acid groups (broad SMARTS) is 1. The SMILES string of the molecule is O=C(O)COc1cccc2c1CCC(CO/N=C(/c1ccccc1)c1ccncc1)=C2. The number of oxime groups is 1. The Morgan fingerprint density at radius 1 is 0.968 bits per heavy atom. The smallest absolute Gasteiger partial charge is 0.341 e. The normalized spacial score (nSPS) is 13.2. The average Bonchev–Trinajstić information content (AvgIpc) is 2.81. The van der Waals surface area contributed by atoms with Gasteiger partial charge in [0.25, 0.3) is 0 Å². The molecule has 0 bridgehead atoms. The van der Waals surface area contributed by atoms with Gasteiger partial charge in [0.05, 0.1) is 0 Å². The molecule has 6 nitrogen and oxygen atoms in total. The van der Waals surface area contributed by atoms with Crippen LogP contribution in [0.25, 0.3) is 6.08 Å². The van der Waals surface area contributed by atoms with Crippen LogP contribution in [0.2, 0.25) is 0 Å². The standard InChI is InChI=1S/C25H22N2O4/c28-24(29)17-30-23-8-4-7-21-15-18(9-10-22(21)23)16-31-27-25(19-5-2-1-3-6-19)20-11-13-26-14-12-20/h1-8,11-15H,9-10,16-17H2,(H,28,29)/b27-25-. The largest absolute Gasteiger partial charge is 0.482 e. The zero-order valence-corrected chi connectivity index (χ0v) is 16.9. The van der Waals surface area contributed by atoms with Crippen LogP contribution < -0.4 is 4.74 Å². The second kappa shape index (κ2) is 9.71. The lowest BCUT2D eigenvalue weighted by Gasteiger charge is -2.19. The summed E-state index contributed by atoms with van der Waals surface area (Å²) in [4.78, 5) is 20.6. The number of rotatable bonds is 8. The van der Waals surface area contributed by atoms with E-state index in [4.69, 9.17) is 14.7 Å². The first-order valence-corrected chi connectivity index (χ1v) is 10.0. The van der Waals surface area contributed by atoms with Crippen LogP contribution in [0, 0.1) is 0 Å². The van der Waals surface area contributed by atoms with E-state index in [2.05, 4.69) is 16.2 Å². The van der Waals surface area contributed by atoms with Crippen molar-refractivity contribution in [2.24, 2.45) is 5.16 Å². The lowest BCUT2D eigenvalue weighted by atomic mass is 9.92. The summed E-state index contributed by atoms with van der Waals surface area (Å²) in [6, 6.07) is 19.4. The summed E-state index contributed by atoms with van der Waals surface area (Å²) >= 11 is 0. The molecule has 1 heterocycles. The van der Waals surface area contributed by atoms with Gasteiger partial charge in [-0.2, -0.15) is 0 Å². The first-order chi connectivity index (χ1) is 15.2. The molecule has 0 saturated heterocycles. The molecule has 6 heteroatoms. The van der Waals surface area contributed by atoms with Crippen LogP contribution in [0.1, 0.15) is 28.7 Å². The summed E-state index contributed by atoms with van der Waals surface area (Å²) in [5.74, 6) is -0.363. The van der Waals surface area contributed by atoms with E-state index in [-0.39, 0.29) is 6.61 Å². The van der Waals surface area contributed by atoms with E-state index in [0.717, 1.165) is 46.4 Å². The number of hydrogen-bond donors (Lipinski definition) is 1. The monoisotopic (exact) mass is 414 g/mol. The number of hydrogen-bond acceptors (Lipinski definition) is 5. The van der Waals surface area contributed by atoms with Crippen LogP contribution in [0.15, 0.2) is 83.8 Å². The molecule has 0 amide bonds. The van der Waals surface area contributed by atoms with Crippen molar-refractivity contribution < 1.29 is 19.5 Å². The fraction of sp³-hybridized carbons (Fsp3) is 0.160. The summed E-state index contributed by atoms with van der Waals surface area (Å²) in [6.07, 6.45) is 7.10. The molecule has 0 spiro atoms. The first kappa shape index (κ1) is 20.3. The second-order valence-electron chi connectivity index (χ2n) is 7.12. The molecule has 0 unspecified atom stereocenters. The van der Waals surface area contributed by atoms with E-state index in [9.17, 15) is 4.79 Å². The summed E-state index contributed by atoms with van der Waals surface area (Å²) in [5.41, 5.74) is 5.83. The third-order valence-corrected chi connectivity index (χ3v) is 4.98. The molecule has 0 fully saturated rings. The van der Waals surface area contributed by atoms with Crippen LogP contribution in [-0.2, 0) is 16.1 Å². The van der Waals surface area contributed by atoms with Gasteiger partial charge >= 0.3 is 5.97 Å². The topological polar surface area (TPSA) is 81.0 Å². The van der Waals surface area contributed by atoms with Gasteiger partial charge in [-0.1, -0.05) is 53.7 Å². The van der Waals surface area contributed by atoms with Gasteiger partial charge < -0.3 is 14.7 Å². The third-order valence-electron chi connectivity index (χ3n) is 4.98. The van der Waals surface area contributed by atoms with Crippen LogP contribution in [0.5, 0.6) is 5.75 Å².